The Morgan fingerprint density at radius 2 is 2.00 bits per heavy atom. The second-order valence-corrected chi connectivity index (χ2v) is 5.64. The fourth-order valence-corrected chi connectivity index (χ4v) is 2.71. The number of hydrogen-bond donors (Lipinski definition) is 0. The van der Waals surface area contributed by atoms with Crippen molar-refractivity contribution in [2.24, 2.45) is 0 Å². The van der Waals surface area contributed by atoms with Crippen molar-refractivity contribution in [1.82, 2.24) is 14.9 Å². The normalized spacial score (nSPS) is 16.6. The minimum Gasteiger partial charge on any atom is -0.494 e. The summed E-state index contributed by atoms with van der Waals surface area (Å²) in [5.74, 6) is 1.56. The fraction of sp³-hybridized carbons (Fsp3) is 0.389. The Bertz CT molecular complexity index is 721. The summed E-state index contributed by atoms with van der Waals surface area (Å²) in [5, 5.41) is 0. The first-order valence-corrected chi connectivity index (χ1v) is 8.24. The Hall–Kier alpha value is -2.83. The lowest BCUT2D eigenvalue weighted by Gasteiger charge is -2.17. The largest absolute Gasteiger partial charge is 0.494 e. The van der Waals surface area contributed by atoms with E-state index < -0.39 is 0 Å². The number of amides is 1. The topological polar surface area (TPSA) is 73.8 Å². The SMILES string of the molecule is CCOc1ccc(C(=O)N2CCC(Oc3cncc(OC)n3)C2)cc1. The molecular weight excluding hydrogens is 322 g/mol. The average molecular weight is 343 g/mol. The van der Waals surface area contributed by atoms with E-state index in [0.717, 1.165) is 12.2 Å². The number of carbonyl (C=O) groups excluding carboxylic acids is 1. The van der Waals surface area contributed by atoms with Crippen LogP contribution in [0, 0.1) is 0 Å². The number of likely N-dealkylation sites (tertiary alicyclic amines) is 1. The van der Waals surface area contributed by atoms with E-state index in [1.165, 1.54) is 13.3 Å². The predicted molar refractivity (Wildman–Crippen MR) is 91.1 cm³/mol. The van der Waals surface area contributed by atoms with Gasteiger partial charge in [0.05, 0.1) is 32.7 Å². The van der Waals surface area contributed by atoms with Gasteiger partial charge < -0.3 is 19.1 Å². The van der Waals surface area contributed by atoms with Crippen LogP contribution in [0.15, 0.2) is 36.7 Å². The van der Waals surface area contributed by atoms with Crippen molar-refractivity contribution in [1.29, 1.82) is 0 Å². The van der Waals surface area contributed by atoms with E-state index >= 15 is 0 Å². The lowest BCUT2D eigenvalue weighted by atomic mass is 10.2. The van der Waals surface area contributed by atoms with Gasteiger partial charge in [0.1, 0.15) is 11.9 Å². The molecule has 0 bridgehead atoms. The summed E-state index contributed by atoms with van der Waals surface area (Å²) in [6, 6.07) is 7.20. The number of aromatic nitrogens is 2. The molecule has 0 N–H and O–H groups in total. The van der Waals surface area contributed by atoms with Crippen molar-refractivity contribution in [3.05, 3.63) is 42.2 Å². The zero-order valence-corrected chi connectivity index (χ0v) is 14.3. The second kappa shape index (κ2) is 7.83. The van der Waals surface area contributed by atoms with E-state index in [9.17, 15) is 4.79 Å². The molecule has 1 aliphatic rings. The molecule has 7 heteroatoms. The smallest absolute Gasteiger partial charge is 0.253 e. The molecular formula is C18H21N3O4. The van der Waals surface area contributed by atoms with E-state index in [1.807, 2.05) is 19.1 Å². The molecule has 2 aromatic rings. The predicted octanol–water partition coefficient (Wildman–Crippen LogP) is 2.18. The average Bonchev–Trinajstić information content (AvgIpc) is 3.10. The molecule has 1 aliphatic heterocycles. The van der Waals surface area contributed by atoms with Crippen molar-refractivity contribution in [3.63, 3.8) is 0 Å². The molecule has 1 saturated heterocycles. The van der Waals surface area contributed by atoms with Gasteiger partial charge in [0.2, 0.25) is 11.8 Å². The highest BCUT2D eigenvalue weighted by Crippen LogP contribution is 2.20. The van der Waals surface area contributed by atoms with Gasteiger partial charge in [-0.1, -0.05) is 0 Å². The standard InChI is InChI=1S/C18H21N3O4/c1-3-24-14-6-4-13(5-7-14)18(22)21-9-8-15(12-21)25-17-11-19-10-16(20-17)23-2/h4-7,10-11,15H,3,8-9,12H2,1-2H3. The Morgan fingerprint density at radius 3 is 2.72 bits per heavy atom. The zero-order chi connectivity index (χ0) is 17.6. The third-order valence-electron chi connectivity index (χ3n) is 3.93. The summed E-state index contributed by atoms with van der Waals surface area (Å²) < 4.78 is 16.3. The third kappa shape index (κ3) is 4.17. The van der Waals surface area contributed by atoms with Crippen LogP contribution in [0.2, 0.25) is 0 Å². The highest BCUT2D eigenvalue weighted by Gasteiger charge is 2.28. The van der Waals surface area contributed by atoms with Crippen LogP contribution in [0.1, 0.15) is 23.7 Å². The van der Waals surface area contributed by atoms with Gasteiger partial charge in [-0.2, -0.15) is 4.98 Å². The molecule has 0 saturated carbocycles. The van der Waals surface area contributed by atoms with Crippen LogP contribution >= 0.6 is 0 Å². The highest BCUT2D eigenvalue weighted by molar-refractivity contribution is 5.94. The molecule has 0 aliphatic carbocycles. The number of benzene rings is 1. The summed E-state index contributed by atoms with van der Waals surface area (Å²) >= 11 is 0. The molecule has 1 atom stereocenters. The summed E-state index contributed by atoms with van der Waals surface area (Å²) in [4.78, 5) is 22.6. The number of rotatable bonds is 6. The van der Waals surface area contributed by atoms with Gasteiger partial charge in [-0.3, -0.25) is 9.78 Å². The minimum atomic E-state index is -0.104. The summed E-state index contributed by atoms with van der Waals surface area (Å²) in [7, 11) is 1.53. The van der Waals surface area contributed by atoms with Crippen LogP contribution in [-0.4, -0.2) is 53.7 Å². The van der Waals surface area contributed by atoms with Gasteiger partial charge >= 0.3 is 0 Å². The Balaban J connectivity index is 1.59. The van der Waals surface area contributed by atoms with Gasteiger partial charge in [-0.15, -0.1) is 0 Å². The molecule has 2 heterocycles. The van der Waals surface area contributed by atoms with Crippen molar-refractivity contribution >= 4 is 5.91 Å². The summed E-state index contributed by atoms with van der Waals surface area (Å²) in [6.07, 6.45) is 3.71. The number of carbonyl (C=O) groups is 1. The van der Waals surface area contributed by atoms with E-state index in [4.69, 9.17) is 14.2 Å². The van der Waals surface area contributed by atoms with Gasteiger partial charge in [-0.25, -0.2) is 0 Å². The molecule has 0 spiro atoms. The van der Waals surface area contributed by atoms with E-state index in [0.29, 0.717) is 37.0 Å². The van der Waals surface area contributed by atoms with Gasteiger partial charge in [-0.05, 0) is 31.2 Å². The Morgan fingerprint density at radius 1 is 1.24 bits per heavy atom. The fourth-order valence-electron chi connectivity index (χ4n) is 2.71. The highest BCUT2D eigenvalue weighted by atomic mass is 16.5. The maximum atomic E-state index is 12.6. The number of ether oxygens (including phenoxy) is 3. The number of methoxy groups -OCH3 is 1. The molecule has 0 radical (unpaired) electrons. The third-order valence-corrected chi connectivity index (χ3v) is 3.93. The maximum absolute atomic E-state index is 12.6. The van der Waals surface area contributed by atoms with Crippen LogP contribution < -0.4 is 14.2 Å². The van der Waals surface area contributed by atoms with Crippen molar-refractivity contribution in [2.75, 3.05) is 26.8 Å². The lowest BCUT2D eigenvalue weighted by molar-refractivity contribution is 0.0771. The number of hydrogen-bond acceptors (Lipinski definition) is 6. The Labute approximate surface area is 146 Å². The van der Waals surface area contributed by atoms with E-state index in [1.54, 1.807) is 23.2 Å². The summed E-state index contributed by atoms with van der Waals surface area (Å²) in [5.41, 5.74) is 0.644. The first-order chi connectivity index (χ1) is 12.2. The first kappa shape index (κ1) is 17.0. The van der Waals surface area contributed by atoms with Crippen molar-refractivity contribution in [2.45, 2.75) is 19.4 Å². The van der Waals surface area contributed by atoms with Crippen LogP contribution in [0.25, 0.3) is 0 Å². The van der Waals surface area contributed by atoms with Crippen LogP contribution in [0.3, 0.4) is 0 Å². The van der Waals surface area contributed by atoms with Crippen LogP contribution in [0.4, 0.5) is 0 Å². The van der Waals surface area contributed by atoms with Crippen molar-refractivity contribution < 1.29 is 19.0 Å². The molecule has 25 heavy (non-hydrogen) atoms. The molecule has 7 nitrogen and oxygen atoms in total. The molecule has 1 aromatic carbocycles. The van der Waals surface area contributed by atoms with E-state index in [2.05, 4.69) is 9.97 Å². The maximum Gasteiger partial charge on any atom is 0.253 e. The quantitative estimate of drug-likeness (QED) is 0.800. The Kier molecular flexibility index (Phi) is 5.33. The van der Waals surface area contributed by atoms with Gasteiger partial charge in [0.15, 0.2) is 0 Å². The second-order valence-electron chi connectivity index (χ2n) is 5.64. The number of nitrogens with zero attached hydrogens (tertiary/aromatic N) is 3. The molecule has 1 unspecified atom stereocenters. The zero-order valence-electron chi connectivity index (χ0n) is 14.3. The minimum absolute atomic E-state index is 0.00845. The van der Waals surface area contributed by atoms with Crippen LogP contribution in [-0.2, 0) is 0 Å². The lowest BCUT2D eigenvalue weighted by Crippen LogP contribution is -2.31. The van der Waals surface area contributed by atoms with Crippen LogP contribution in [0.5, 0.6) is 17.5 Å². The van der Waals surface area contributed by atoms with Gasteiger partial charge in [0.25, 0.3) is 5.91 Å². The molecule has 3 rings (SSSR count). The molecule has 1 amide bonds. The van der Waals surface area contributed by atoms with Gasteiger partial charge in [0, 0.05) is 18.5 Å². The summed E-state index contributed by atoms with van der Waals surface area (Å²) in [6.45, 7) is 3.70. The first-order valence-electron chi connectivity index (χ1n) is 8.24. The molecule has 132 valence electrons. The molecule has 1 aromatic heterocycles. The molecule has 1 fully saturated rings. The monoisotopic (exact) mass is 343 g/mol. The van der Waals surface area contributed by atoms with E-state index in [-0.39, 0.29) is 12.0 Å². The van der Waals surface area contributed by atoms with Crippen molar-refractivity contribution in [3.8, 4) is 17.5 Å².